The smallest absolute Gasteiger partial charge is 0.340 e. The lowest BCUT2D eigenvalue weighted by molar-refractivity contribution is -0.120. The van der Waals surface area contributed by atoms with Gasteiger partial charge < -0.3 is 14.2 Å². The molecule has 5 heteroatoms. The third-order valence-electron chi connectivity index (χ3n) is 4.86. The molecular formula is C21H25NO4. The van der Waals surface area contributed by atoms with Crippen molar-refractivity contribution < 1.29 is 13.6 Å². The lowest BCUT2D eigenvalue weighted by Gasteiger charge is -2.17. The van der Waals surface area contributed by atoms with Crippen LogP contribution in [0.3, 0.4) is 0 Å². The molecule has 138 valence electrons. The molecule has 0 aliphatic carbocycles. The molecule has 5 nitrogen and oxygen atoms in total. The van der Waals surface area contributed by atoms with Gasteiger partial charge in [-0.1, -0.05) is 20.8 Å². The number of likely N-dealkylation sites (N-methyl/N-ethyl adjacent to an activating group) is 1. The van der Waals surface area contributed by atoms with E-state index in [1.165, 1.54) is 0 Å². The summed E-state index contributed by atoms with van der Waals surface area (Å²) >= 11 is 0. The highest BCUT2D eigenvalue weighted by Gasteiger charge is 2.24. The van der Waals surface area contributed by atoms with E-state index < -0.39 is 5.63 Å². The molecule has 1 amide bonds. The van der Waals surface area contributed by atoms with Gasteiger partial charge in [0.05, 0.1) is 18.2 Å². The molecule has 0 aliphatic rings. The van der Waals surface area contributed by atoms with Gasteiger partial charge in [-0.3, -0.25) is 4.79 Å². The predicted octanol–water partition coefficient (Wildman–Crippen LogP) is 4.13. The van der Waals surface area contributed by atoms with Crippen LogP contribution in [0.1, 0.15) is 49.9 Å². The van der Waals surface area contributed by atoms with E-state index in [0.29, 0.717) is 17.7 Å². The standard InChI is InChI=1S/C21H25NO4/c1-7-22-17(23)9-14-11(2)13-8-15-16(21(4,5)6)10-25-18(15)12(3)19(13)26-20(14)24/h8,10H,7,9H2,1-6H3,(H,22,23). The van der Waals surface area contributed by atoms with Crippen molar-refractivity contribution in [2.24, 2.45) is 0 Å². The van der Waals surface area contributed by atoms with Crippen LogP contribution in [0.15, 0.2) is 26.0 Å². The second kappa shape index (κ2) is 6.31. The number of hydrogen-bond acceptors (Lipinski definition) is 4. The van der Waals surface area contributed by atoms with Crippen molar-refractivity contribution in [1.82, 2.24) is 5.32 Å². The van der Waals surface area contributed by atoms with Crippen molar-refractivity contribution in [3.8, 4) is 0 Å². The van der Waals surface area contributed by atoms with Gasteiger partial charge in [0.2, 0.25) is 5.91 Å². The third kappa shape index (κ3) is 2.91. The van der Waals surface area contributed by atoms with Gasteiger partial charge in [0, 0.05) is 28.4 Å². The zero-order valence-corrected chi connectivity index (χ0v) is 16.2. The fourth-order valence-electron chi connectivity index (χ4n) is 3.40. The summed E-state index contributed by atoms with van der Waals surface area (Å²) in [7, 11) is 0. The first-order chi connectivity index (χ1) is 12.1. The zero-order chi connectivity index (χ0) is 19.2. The molecule has 0 radical (unpaired) electrons. The van der Waals surface area contributed by atoms with Gasteiger partial charge in [-0.2, -0.15) is 0 Å². The number of fused-ring (bicyclic) bond motifs is 2. The lowest BCUT2D eigenvalue weighted by atomic mass is 9.86. The van der Waals surface area contributed by atoms with Crippen molar-refractivity contribution in [1.29, 1.82) is 0 Å². The second-order valence-electron chi connectivity index (χ2n) is 7.78. The Labute approximate surface area is 152 Å². The van der Waals surface area contributed by atoms with Crippen LogP contribution in [-0.4, -0.2) is 12.5 Å². The molecule has 0 spiro atoms. The second-order valence-corrected chi connectivity index (χ2v) is 7.78. The topological polar surface area (TPSA) is 72.5 Å². The van der Waals surface area contributed by atoms with Crippen molar-refractivity contribution in [2.45, 2.75) is 53.4 Å². The molecule has 3 aromatic rings. The largest absolute Gasteiger partial charge is 0.464 e. The molecule has 3 rings (SSSR count). The van der Waals surface area contributed by atoms with E-state index in [-0.39, 0.29) is 17.7 Å². The van der Waals surface area contributed by atoms with Gasteiger partial charge in [0.25, 0.3) is 0 Å². The summed E-state index contributed by atoms with van der Waals surface area (Å²) in [6, 6.07) is 2.02. The summed E-state index contributed by atoms with van der Waals surface area (Å²) in [6.07, 6.45) is 1.80. The van der Waals surface area contributed by atoms with Crippen LogP contribution >= 0.6 is 0 Å². The minimum atomic E-state index is -0.466. The minimum Gasteiger partial charge on any atom is -0.464 e. The number of aryl methyl sites for hydroxylation is 2. The predicted molar refractivity (Wildman–Crippen MR) is 103 cm³/mol. The Bertz CT molecular complexity index is 1060. The van der Waals surface area contributed by atoms with Crippen LogP contribution in [0.2, 0.25) is 0 Å². The highest BCUT2D eigenvalue weighted by molar-refractivity contribution is 6.00. The molecule has 0 bridgehead atoms. The molecule has 1 aromatic carbocycles. The first-order valence-corrected chi connectivity index (χ1v) is 8.89. The summed E-state index contributed by atoms with van der Waals surface area (Å²) < 4.78 is 11.4. The molecule has 0 aliphatic heterocycles. The molecule has 26 heavy (non-hydrogen) atoms. The summed E-state index contributed by atoms with van der Waals surface area (Å²) in [4.78, 5) is 24.4. The highest BCUT2D eigenvalue weighted by atomic mass is 16.4. The number of amides is 1. The highest BCUT2D eigenvalue weighted by Crippen LogP contribution is 2.37. The normalized spacial score (nSPS) is 12.1. The first kappa shape index (κ1) is 18.2. The van der Waals surface area contributed by atoms with Gasteiger partial charge in [0.15, 0.2) is 0 Å². The Morgan fingerprint density at radius 1 is 1.12 bits per heavy atom. The monoisotopic (exact) mass is 355 g/mol. The number of hydrogen-bond donors (Lipinski definition) is 1. The van der Waals surface area contributed by atoms with Gasteiger partial charge in [-0.15, -0.1) is 0 Å². The molecule has 0 atom stereocenters. The first-order valence-electron chi connectivity index (χ1n) is 8.89. The Balaban J connectivity index is 2.31. The average Bonchev–Trinajstić information content (AvgIpc) is 2.97. The van der Waals surface area contributed by atoms with E-state index >= 15 is 0 Å². The Kier molecular flexibility index (Phi) is 4.42. The van der Waals surface area contributed by atoms with Gasteiger partial charge in [0.1, 0.15) is 11.2 Å². The molecule has 0 saturated heterocycles. The summed E-state index contributed by atoms with van der Waals surface area (Å²) in [5.74, 6) is -0.182. The fourth-order valence-corrected chi connectivity index (χ4v) is 3.40. The maximum atomic E-state index is 12.5. The SMILES string of the molecule is CCNC(=O)Cc1c(C)c2cc3c(C(C)(C)C)coc3c(C)c2oc1=O. The van der Waals surface area contributed by atoms with E-state index in [9.17, 15) is 9.59 Å². The molecule has 2 aromatic heterocycles. The van der Waals surface area contributed by atoms with E-state index in [0.717, 1.165) is 33.0 Å². The van der Waals surface area contributed by atoms with Gasteiger partial charge in [-0.25, -0.2) is 4.79 Å². The molecule has 0 saturated carbocycles. The van der Waals surface area contributed by atoms with Crippen LogP contribution < -0.4 is 10.9 Å². The van der Waals surface area contributed by atoms with E-state index in [2.05, 4.69) is 26.1 Å². The maximum Gasteiger partial charge on any atom is 0.340 e. The van der Waals surface area contributed by atoms with Crippen molar-refractivity contribution in [3.63, 3.8) is 0 Å². The maximum absolute atomic E-state index is 12.5. The van der Waals surface area contributed by atoms with Crippen LogP contribution in [0, 0.1) is 13.8 Å². The van der Waals surface area contributed by atoms with E-state index in [1.807, 2.05) is 26.8 Å². The molecular weight excluding hydrogens is 330 g/mol. The molecule has 2 heterocycles. The van der Waals surface area contributed by atoms with E-state index in [4.69, 9.17) is 8.83 Å². The van der Waals surface area contributed by atoms with Gasteiger partial charge >= 0.3 is 5.63 Å². The zero-order valence-electron chi connectivity index (χ0n) is 16.2. The Morgan fingerprint density at radius 2 is 1.81 bits per heavy atom. The van der Waals surface area contributed by atoms with Crippen molar-refractivity contribution in [2.75, 3.05) is 6.54 Å². The van der Waals surface area contributed by atoms with Crippen LogP contribution in [0.25, 0.3) is 21.9 Å². The Morgan fingerprint density at radius 3 is 2.42 bits per heavy atom. The molecule has 1 N–H and O–H groups in total. The van der Waals surface area contributed by atoms with Crippen LogP contribution in [0.5, 0.6) is 0 Å². The fraction of sp³-hybridized carbons (Fsp3) is 0.429. The molecule has 0 unspecified atom stereocenters. The summed E-state index contributed by atoms with van der Waals surface area (Å²) in [5.41, 5.74) is 3.82. The van der Waals surface area contributed by atoms with Crippen molar-refractivity contribution in [3.05, 3.63) is 45.0 Å². The number of benzene rings is 1. The minimum absolute atomic E-state index is 0.0204. The number of nitrogens with one attached hydrogen (secondary N) is 1. The Hall–Kier alpha value is -2.56. The van der Waals surface area contributed by atoms with Crippen LogP contribution in [0.4, 0.5) is 0 Å². The van der Waals surface area contributed by atoms with E-state index in [1.54, 1.807) is 6.26 Å². The third-order valence-corrected chi connectivity index (χ3v) is 4.86. The van der Waals surface area contributed by atoms with Crippen LogP contribution in [-0.2, 0) is 16.6 Å². The number of carbonyl (C=O) groups is 1. The number of rotatable bonds is 3. The summed E-state index contributed by atoms with van der Waals surface area (Å²) in [6.45, 7) is 12.5. The number of carbonyl (C=O) groups excluding carboxylic acids is 1. The average molecular weight is 355 g/mol. The van der Waals surface area contributed by atoms with Gasteiger partial charge in [-0.05, 0) is 37.8 Å². The molecule has 0 fully saturated rings. The number of furan rings is 1. The van der Waals surface area contributed by atoms with Crippen molar-refractivity contribution >= 4 is 27.8 Å². The summed E-state index contributed by atoms with van der Waals surface area (Å²) in [5, 5.41) is 4.59. The lowest BCUT2D eigenvalue weighted by Crippen LogP contribution is -2.27. The quantitative estimate of drug-likeness (QED) is 0.717.